The number of methoxy groups -OCH3 is 1. The van der Waals surface area contributed by atoms with E-state index in [1.165, 1.54) is 4.90 Å². The summed E-state index contributed by atoms with van der Waals surface area (Å²) in [5, 5.41) is 6.79. The highest BCUT2D eigenvalue weighted by atomic mass is 32.2. The summed E-state index contributed by atoms with van der Waals surface area (Å²) in [7, 11) is -2.22. The number of amides is 4. The van der Waals surface area contributed by atoms with Gasteiger partial charge in [-0.1, -0.05) is 39.0 Å². The molecule has 1 aromatic heterocycles. The van der Waals surface area contributed by atoms with Gasteiger partial charge in [0.25, 0.3) is 5.91 Å². The van der Waals surface area contributed by atoms with Gasteiger partial charge in [-0.15, -0.1) is 0 Å². The summed E-state index contributed by atoms with van der Waals surface area (Å²) < 4.78 is 45.8. The van der Waals surface area contributed by atoms with Crippen molar-refractivity contribution >= 4 is 44.6 Å². The van der Waals surface area contributed by atoms with Crippen molar-refractivity contribution < 1.29 is 41.8 Å². The lowest BCUT2D eigenvalue weighted by Gasteiger charge is -2.30. The second-order valence-corrected chi connectivity index (χ2v) is 17.6. The quantitative estimate of drug-likeness (QED) is 0.415. The zero-order chi connectivity index (χ0) is 37.3. The van der Waals surface area contributed by atoms with Gasteiger partial charge in [0.15, 0.2) is 0 Å². The lowest BCUT2D eigenvalue weighted by Crippen LogP contribution is -2.58. The summed E-state index contributed by atoms with van der Waals surface area (Å²) in [4.78, 5) is 61.8. The molecule has 5 bridgehead atoms. The molecule has 0 unspecified atom stereocenters. The van der Waals surface area contributed by atoms with Crippen molar-refractivity contribution in [2.45, 2.75) is 126 Å². The monoisotopic (exact) mass is 753 g/mol. The van der Waals surface area contributed by atoms with Gasteiger partial charge in [0.05, 0.1) is 25.5 Å². The first-order valence-corrected chi connectivity index (χ1v) is 20.8. The third-order valence-corrected chi connectivity index (χ3v) is 13.4. The number of pyridine rings is 1. The molecule has 2 saturated heterocycles. The first kappa shape index (κ1) is 37.2. The van der Waals surface area contributed by atoms with Gasteiger partial charge < -0.3 is 29.7 Å². The lowest BCUT2D eigenvalue weighted by molar-refractivity contribution is -0.141. The fourth-order valence-electron chi connectivity index (χ4n) is 8.23. The summed E-state index contributed by atoms with van der Waals surface area (Å²) >= 11 is 0. The van der Waals surface area contributed by atoms with Crippen LogP contribution >= 0.6 is 0 Å². The Balaban J connectivity index is 1.23. The molecule has 4 fully saturated rings. The van der Waals surface area contributed by atoms with E-state index >= 15 is 0 Å². The molecule has 6 atom stereocenters. The van der Waals surface area contributed by atoms with Crippen molar-refractivity contribution in [1.29, 1.82) is 0 Å². The van der Waals surface area contributed by atoms with Crippen LogP contribution in [0, 0.1) is 11.8 Å². The fourth-order valence-corrected chi connectivity index (χ4v) is 9.60. The number of sulfonamides is 1. The van der Waals surface area contributed by atoms with Gasteiger partial charge in [0, 0.05) is 18.0 Å². The van der Waals surface area contributed by atoms with Gasteiger partial charge in [-0.2, -0.15) is 0 Å². The molecule has 1 aromatic carbocycles. The Bertz CT molecular complexity index is 1850. The Labute approximate surface area is 310 Å². The van der Waals surface area contributed by atoms with Crippen LogP contribution < -0.4 is 24.8 Å². The van der Waals surface area contributed by atoms with E-state index in [9.17, 15) is 27.6 Å². The van der Waals surface area contributed by atoms with Crippen LogP contribution in [0.25, 0.3) is 10.8 Å². The minimum atomic E-state index is -3.86. The minimum Gasteiger partial charge on any atom is -0.496 e. The number of nitrogens with one attached hydrogen (secondary N) is 3. The summed E-state index contributed by atoms with van der Waals surface area (Å²) in [5.41, 5.74) is -0.420. The summed E-state index contributed by atoms with van der Waals surface area (Å²) in [6.45, 7) is 2.23. The predicted molar refractivity (Wildman–Crippen MR) is 195 cm³/mol. The van der Waals surface area contributed by atoms with Gasteiger partial charge in [0.2, 0.25) is 27.7 Å². The number of carbonyl (C=O) groups is 4. The van der Waals surface area contributed by atoms with Crippen LogP contribution in [0.4, 0.5) is 4.79 Å². The van der Waals surface area contributed by atoms with Gasteiger partial charge >= 0.3 is 6.09 Å². The molecule has 0 spiro atoms. The fraction of sp³-hybridized carbons (Fsp3) is 0.658. The molecule has 3 aliphatic heterocycles. The number of alkyl carbamates (subject to hydrolysis) is 1. The molecule has 2 saturated carbocycles. The first-order chi connectivity index (χ1) is 25.5. The number of benzene rings is 1. The van der Waals surface area contributed by atoms with Crippen molar-refractivity contribution in [2.75, 3.05) is 20.3 Å². The number of aromatic nitrogens is 1. The van der Waals surface area contributed by atoms with Gasteiger partial charge in [-0.05, 0) is 92.4 Å². The van der Waals surface area contributed by atoms with Crippen LogP contribution in [0.15, 0.2) is 24.4 Å². The van der Waals surface area contributed by atoms with Crippen molar-refractivity contribution in [2.24, 2.45) is 11.8 Å². The number of cyclic esters (lactones) is 1. The summed E-state index contributed by atoms with van der Waals surface area (Å²) in [6.07, 6.45) is 9.16. The van der Waals surface area contributed by atoms with Crippen molar-refractivity contribution in [3.05, 3.63) is 30.0 Å². The van der Waals surface area contributed by atoms with E-state index < -0.39 is 62.8 Å². The maximum Gasteiger partial charge on any atom is 0.407 e. The van der Waals surface area contributed by atoms with E-state index in [0.717, 1.165) is 67.0 Å². The highest BCUT2D eigenvalue weighted by Crippen LogP contribution is 2.48. The van der Waals surface area contributed by atoms with E-state index in [1.807, 2.05) is 25.1 Å². The molecular weight excluding hydrogens is 703 g/mol. The summed E-state index contributed by atoms with van der Waals surface area (Å²) in [6, 6.07) is 3.84. The topological polar surface area (TPSA) is 182 Å². The number of ether oxygens (including phenoxy) is 3. The van der Waals surface area contributed by atoms with Gasteiger partial charge in [-0.25, -0.2) is 18.2 Å². The molecule has 3 N–H and O–H groups in total. The van der Waals surface area contributed by atoms with Crippen LogP contribution in [0.2, 0.25) is 0 Å². The Morgan fingerprint density at radius 2 is 1.81 bits per heavy atom. The number of aryl methyl sites for hydroxylation is 1. The van der Waals surface area contributed by atoms with Crippen molar-refractivity contribution in [3.63, 3.8) is 0 Å². The van der Waals surface area contributed by atoms with Crippen LogP contribution in [0.3, 0.4) is 0 Å². The number of hydrogen-bond donors (Lipinski definition) is 3. The number of hydrogen-bond acceptors (Lipinski definition) is 10. The Hall–Kier alpha value is -4.14. The van der Waals surface area contributed by atoms with E-state index in [4.69, 9.17) is 14.2 Å². The Morgan fingerprint density at radius 1 is 1.04 bits per heavy atom. The largest absolute Gasteiger partial charge is 0.496 e. The predicted octanol–water partition coefficient (Wildman–Crippen LogP) is 3.89. The number of nitrogens with zero attached hydrogens (tertiary/aromatic N) is 2. The molecule has 7 rings (SSSR count). The molecule has 5 aliphatic rings. The molecule has 2 aromatic rings. The number of rotatable bonds is 4. The number of carbonyl (C=O) groups excluding carboxylic acids is 4. The lowest BCUT2D eigenvalue weighted by atomic mass is 9.99. The zero-order valence-electron chi connectivity index (χ0n) is 30.6. The van der Waals surface area contributed by atoms with E-state index in [-0.39, 0.29) is 31.4 Å². The molecule has 288 valence electrons. The smallest absolute Gasteiger partial charge is 0.407 e. The maximum atomic E-state index is 14.5. The Kier molecular flexibility index (Phi) is 10.7. The van der Waals surface area contributed by atoms with Crippen molar-refractivity contribution in [3.8, 4) is 11.6 Å². The second-order valence-electron chi connectivity index (χ2n) is 15.7. The molecule has 4 amide bonds. The third kappa shape index (κ3) is 8.19. The SMILES string of the molecule is COc1cc2ccnc3c2cc1CCC[C@H](C)COC(=O)N[C@H]1CCCCCCC[C@H]2C[C@@]2(C(=O)NS(=O)(=O)C2CC2)NC(=O)[C@@H]2C[C@H](CN2C1=O)O3. The normalized spacial score (nSPS) is 30.3. The minimum absolute atomic E-state index is 0.0287. The van der Waals surface area contributed by atoms with Crippen molar-refractivity contribution in [1.82, 2.24) is 25.2 Å². The zero-order valence-corrected chi connectivity index (χ0v) is 31.4. The highest BCUT2D eigenvalue weighted by Gasteiger charge is 2.62. The molecule has 14 nitrogen and oxygen atoms in total. The third-order valence-electron chi connectivity index (χ3n) is 11.6. The van der Waals surface area contributed by atoms with Gasteiger partial charge in [-0.3, -0.25) is 19.1 Å². The molecule has 2 aliphatic carbocycles. The number of fused-ring (bicyclic) bond motifs is 4. The van der Waals surface area contributed by atoms with Crippen LogP contribution in [-0.2, 0) is 35.6 Å². The molecule has 0 radical (unpaired) electrons. The average Bonchev–Trinajstić information content (AvgIpc) is 4.06. The molecular formula is C38H51N5O9S. The van der Waals surface area contributed by atoms with E-state index in [2.05, 4.69) is 20.3 Å². The molecule has 53 heavy (non-hydrogen) atoms. The van der Waals surface area contributed by atoms with Crippen LogP contribution in [-0.4, -0.2) is 91.4 Å². The first-order valence-electron chi connectivity index (χ1n) is 19.2. The second kappa shape index (κ2) is 15.3. The highest BCUT2D eigenvalue weighted by molar-refractivity contribution is 7.91. The van der Waals surface area contributed by atoms with Gasteiger partial charge in [0.1, 0.15) is 29.5 Å². The summed E-state index contributed by atoms with van der Waals surface area (Å²) in [5.74, 6) is -0.800. The average molecular weight is 754 g/mol. The Morgan fingerprint density at radius 3 is 2.58 bits per heavy atom. The molecule has 4 heterocycles. The van der Waals surface area contributed by atoms with Crippen LogP contribution in [0.5, 0.6) is 11.6 Å². The standard InChI is InChI=1S/C38H51N5O9S/c1-23-9-8-10-25-17-29-24(18-32(25)50-2)15-16-39-34(29)52-27-19-31-33(44)41-38(36(46)42-53(48,49)28-13-14-28)20-26(38)11-6-4-3-5-7-12-30(35(45)43(31)21-27)40-37(47)51-22-23/h15-18,23,26-28,30-31H,3-14,19-22H2,1-2H3,(H,40,47)(H,41,44)(H,42,46)/t23-,26-,27+,30-,31-,38+/m0/s1. The van der Waals surface area contributed by atoms with E-state index in [0.29, 0.717) is 44.4 Å². The van der Waals surface area contributed by atoms with E-state index in [1.54, 1.807) is 13.3 Å². The molecule has 15 heteroatoms. The van der Waals surface area contributed by atoms with Crippen LogP contribution in [0.1, 0.15) is 96.0 Å². The maximum absolute atomic E-state index is 14.5.